The van der Waals surface area contributed by atoms with Gasteiger partial charge in [0.15, 0.2) is 5.75 Å². The van der Waals surface area contributed by atoms with Crippen LogP contribution in [0.1, 0.15) is 12.8 Å². The van der Waals surface area contributed by atoms with Crippen LogP contribution in [0.3, 0.4) is 0 Å². The molecule has 1 aromatic carbocycles. The summed E-state index contributed by atoms with van der Waals surface area (Å²) in [6, 6.07) is 8.85. The minimum atomic E-state index is -0.240. The van der Waals surface area contributed by atoms with Crippen LogP contribution in [-0.4, -0.2) is 59.4 Å². The van der Waals surface area contributed by atoms with Gasteiger partial charge in [-0.2, -0.15) is 16.9 Å². The molecule has 0 N–H and O–H groups in total. The summed E-state index contributed by atoms with van der Waals surface area (Å²) in [4.78, 5) is 26.6. The van der Waals surface area contributed by atoms with Crippen molar-refractivity contribution in [1.29, 1.82) is 0 Å². The summed E-state index contributed by atoms with van der Waals surface area (Å²) >= 11 is 1.87. The quantitative estimate of drug-likeness (QED) is 0.706. The van der Waals surface area contributed by atoms with Crippen LogP contribution in [0.15, 0.2) is 35.1 Å². The van der Waals surface area contributed by atoms with Gasteiger partial charge in [0.25, 0.3) is 5.56 Å². The number of benzene rings is 1. The van der Waals surface area contributed by atoms with Gasteiger partial charge < -0.3 is 14.4 Å². The molecule has 7 nitrogen and oxygen atoms in total. The van der Waals surface area contributed by atoms with Crippen molar-refractivity contribution in [3.8, 4) is 22.8 Å². The topological polar surface area (TPSA) is 73.7 Å². The predicted molar refractivity (Wildman–Crippen MR) is 110 cm³/mol. The summed E-state index contributed by atoms with van der Waals surface area (Å²) in [5.41, 5.74) is 1.17. The van der Waals surface area contributed by atoms with Gasteiger partial charge in [-0.3, -0.25) is 9.59 Å². The van der Waals surface area contributed by atoms with Crippen LogP contribution in [-0.2, 0) is 11.3 Å². The Morgan fingerprint density at radius 3 is 2.50 bits per heavy atom. The molecule has 8 heteroatoms. The Hall–Kier alpha value is -2.48. The highest BCUT2D eigenvalue weighted by atomic mass is 32.2. The number of ether oxygens (including phenoxy) is 2. The number of carbonyl (C=O) groups excluding carboxylic acids is 1. The second-order valence-electron chi connectivity index (χ2n) is 6.45. The van der Waals surface area contributed by atoms with Gasteiger partial charge in [-0.25, -0.2) is 4.68 Å². The normalized spacial score (nSPS) is 14.0. The highest BCUT2D eigenvalue weighted by Gasteiger charge is 2.17. The molecule has 1 aliphatic heterocycles. The van der Waals surface area contributed by atoms with E-state index in [2.05, 4.69) is 5.10 Å². The maximum atomic E-state index is 12.4. The smallest absolute Gasteiger partial charge is 0.270 e. The molecule has 0 bridgehead atoms. The van der Waals surface area contributed by atoms with E-state index in [0.717, 1.165) is 35.9 Å². The van der Waals surface area contributed by atoms with Crippen LogP contribution >= 0.6 is 11.8 Å². The molecule has 0 aliphatic carbocycles. The Labute approximate surface area is 168 Å². The molecule has 1 saturated heterocycles. The van der Waals surface area contributed by atoms with E-state index in [4.69, 9.17) is 9.47 Å². The van der Waals surface area contributed by atoms with Crippen molar-refractivity contribution in [2.45, 2.75) is 19.4 Å². The summed E-state index contributed by atoms with van der Waals surface area (Å²) in [5.74, 6) is 3.31. The van der Waals surface area contributed by atoms with Crippen LogP contribution < -0.4 is 15.0 Å². The van der Waals surface area contributed by atoms with E-state index in [0.29, 0.717) is 30.8 Å². The van der Waals surface area contributed by atoms with Crippen molar-refractivity contribution in [3.05, 3.63) is 40.7 Å². The lowest BCUT2D eigenvalue weighted by atomic mass is 10.1. The van der Waals surface area contributed by atoms with Gasteiger partial charge in [-0.05, 0) is 30.7 Å². The van der Waals surface area contributed by atoms with Gasteiger partial charge in [0.05, 0.1) is 14.2 Å². The standard InChI is InChI=1S/C20H25N3O4S/c1-26-16-7-5-15(6-8-16)20-17(27-2)14-19(25)23(21-20)9-3-4-18(24)22-10-12-28-13-11-22/h5-8,14H,3-4,9-13H2,1-2H3. The molecule has 0 unspecified atom stereocenters. The monoisotopic (exact) mass is 403 g/mol. The lowest BCUT2D eigenvalue weighted by Crippen LogP contribution is -2.38. The first-order chi connectivity index (χ1) is 13.6. The first-order valence-corrected chi connectivity index (χ1v) is 10.4. The molecule has 2 heterocycles. The zero-order valence-corrected chi connectivity index (χ0v) is 17.0. The number of amides is 1. The molecule has 0 atom stereocenters. The van der Waals surface area contributed by atoms with Gasteiger partial charge in [0.2, 0.25) is 5.91 Å². The minimum absolute atomic E-state index is 0.150. The van der Waals surface area contributed by atoms with Crippen molar-refractivity contribution < 1.29 is 14.3 Å². The lowest BCUT2D eigenvalue weighted by molar-refractivity contribution is -0.131. The summed E-state index contributed by atoms with van der Waals surface area (Å²) in [5, 5.41) is 4.49. The van der Waals surface area contributed by atoms with Gasteiger partial charge in [-0.15, -0.1) is 0 Å². The third-order valence-corrected chi connectivity index (χ3v) is 5.61. The predicted octanol–water partition coefficient (Wildman–Crippen LogP) is 2.28. The van der Waals surface area contributed by atoms with E-state index in [1.165, 1.54) is 17.9 Å². The highest BCUT2D eigenvalue weighted by molar-refractivity contribution is 7.99. The number of nitrogens with zero attached hydrogens (tertiary/aromatic N) is 3. The second-order valence-corrected chi connectivity index (χ2v) is 7.67. The Morgan fingerprint density at radius 1 is 1.14 bits per heavy atom. The van der Waals surface area contributed by atoms with Crippen LogP contribution in [0.5, 0.6) is 11.5 Å². The number of hydrogen-bond acceptors (Lipinski definition) is 6. The third kappa shape index (κ3) is 4.86. The molecule has 1 amide bonds. The summed E-state index contributed by atoms with van der Waals surface area (Å²) in [6.45, 7) is 2.01. The maximum Gasteiger partial charge on any atom is 0.270 e. The number of rotatable bonds is 7. The molecule has 2 aromatic rings. The van der Waals surface area contributed by atoms with E-state index in [1.807, 2.05) is 40.9 Å². The molecule has 0 saturated carbocycles. The molecule has 150 valence electrons. The van der Waals surface area contributed by atoms with Crippen molar-refractivity contribution in [1.82, 2.24) is 14.7 Å². The molecule has 3 rings (SSSR count). The molecule has 0 spiro atoms. The fraction of sp³-hybridized carbons (Fsp3) is 0.450. The number of thioether (sulfide) groups is 1. The molecule has 28 heavy (non-hydrogen) atoms. The molecular formula is C20H25N3O4S. The molecule has 1 aromatic heterocycles. The summed E-state index contributed by atoms with van der Waals surface area (Å²) < 4.78 is 11.9. The average Bonchev–Trinajstić information content (AvgIpc) is 2.75. The minimum Gasteiger partial charge on any atom is -0.497 e. The summed E-state index contributed by atoms with van der Waals surface area (Å²) in [7, 11) is 3.13. The number of aromatic nitrogens is 2. The van der Waals surface area contributed by atoms with Crippen molar-refractivity contribution in [3.63, 3.8) is 0 Å². The second kappa shape index (κ2) is 9.64. The zero-order valence-electron chi connectivity index (χ0n) is 16.2. The SMILES string of the molecule is COc1ccc(-c2nn(CCCC(=O)N3CCSCC3)c(=O)cc2OC)cc1. The van der Waals surface area contributed by atoms with E-state index >= 15 is 0 Å². The number of methoxy groups -OCH3 is 2. The Bertz CT molecular complexity index is 861. The van der Waals surface area contributed by atoms with Crippen LogP contribution in [0, 0.1) is 0 Å². The fourth-order valence-electron chi connectivity index (χ4n) is 3.09. The molecule has 1 fully saturated rings. The third-order valence-electron chi connectivity index (χ3n) is 4.67. The fourth-order valence-corrected chi connectivity index (χ4v) is 3.99. The van der Waals surface area contributed by atoms with Crippen LogP contribution in [0.25, 0.3) is 11.3 Å². The Morgan fingerprint density at radius 2 is 1.86 bits per heavy atom. The number of aryl methyl sites for hydroxylation is 1. The molecule has 0 radical (unpaired) electrons. The van der Waals surface area contributed by atoms with Gasteiger partial charge in [0.1, 0.15) is 11.4 Å². The van der Waals surface area contributed by atoms with Crippen molar-refractivity contribution in [2.24, 2.45) is 0 Å². The van der Waals surface area contributed by atoms with Gasteiger partial charge >= 0.3 is 0 Å². The lowest BCUT2D eigenvalue weighted by Gasteiger charge is -2.26. The van der Waals surface area contributed by atoms with E-state index in [1.54, 1.807) is 7.11 Å². The number of hydrogen-bond donors (Lipinski definition) is 0. The molecular weight excluding hydrogens is 378 g/mol. The van der Waals surface area contributed by atoms with Crippen molar-refractivity contribution >= 4 is 17.7 Å². The van der Waals surface area contributed by atoms with E-state index in [9.17, 15) is 9.59 Å². The average molecular weight is 404 g/mol. The van der Waals surface area contributed by atoms with E-state index in [-0.39, 0.29) is 11.5 Å². The highest BCUT2D eigenvalue weighted by Crippen LogP contribution is 2.27. The largest absolute Gasteiger partial charge is 0.497 e. The Balaban J connectivity index is 1.72. The Kier molecular flexibility index (Phi) is 6.97. The van der Waals surface area contributed by atoms with Crippen LogP contribution in [0.4, 0.5) is 0 Å². The first kappa shape index (κ1) is 20.3. The van der Waals surface area contributed by atoms with E-state index < -0.39 is 0 Å². The summed E-state index contributed by atoms with van der Waals surface area (Å²) in [6.07, 6.45) is 0.993. The van der Waals surface area contributed by atoms with Crippen LogP contribution in [0.2, 0.25) is 0 Å². The first-order valence-electron chi connectivity index (χ1n) is 9.28. The van der Waals surface area contributed by atoms with Gasteiger partial charge in [-0.1, -0.05) is 0 Å². The maximum absolute atomic E-state index is 12.4. The van der Waals surface area contributed by atoms with Gasteiger partial charge in [0, 0.05) is 49.2 Å². The zero-order chi connectivity index (χ0) is 19.9. The number of carbonyl (C=O) groups is 1. The molecule has 1 aliphatic rings. The van der Waals surface area contributed by atoms with Crippen molar-refractivity contribution in [2.75, 3.05) is 38.8 Å².